The lowest BCUT2D eigenvalue weighted by Crippen LogP contribution is -1.99. The van der Waals surface area contributed by atoms with Crippen LogP contribution in [0.2, 0.25) is 0 Å². The van der Waals surface area contributed by atoms with E-state index in [-0.39, 0.29) is 12.4 Å². The summed E-state index contributed by atoms with van der Waals surface area (Å²) in [6.07, 6.45) is 0. The van der Waals surface area contributed by atoms with Crippen molar-refractivity contribution >= 4 is 5.82 Å². The second-order valence-corrected chi connectivity index (χ2v) is 3.55. The van der Waals surface area contributed by atoms with E-state index in [1.54, 1.807) is 13.1 Å². The van der Waals surface area contributed by atoms with Crippen LogP contribution in [0.1, 0.15) is 5.69 Å². The van der Waals surface area contributed by atoms with Crippen molar-refractivity contribution in [3.63, 3.8) is 0 Å². The molecule has 1 aromatic heterocycles. The average Bonchev–Trinajstić information content (AvgIpc) is 2.60. The Kier molecular flexibility index (Phi) is 2.95. The third-order valence-electron chi connectivity index (χ3n) is 2.24. The minimum atomic E-state index is -0.942. The van der Waals surface area contributed by atoms with Crippen molar-refractivity contribution in [2.45, 2.75) is 6.61 Å². The van der Waals surface area contributed by atoms with Crippen molar-refractivity contribution in [2.24, 2.45) is 7.05 Å². The van der Waals surface area contributed by atoms with Gasteiger partial charge in [0.1, 0.15) is 23.9 Å². The maximum atomic E-state index is 12.9. The highest BCUT2D eigenvalue weighted by Crippen LogP contribution is 2.17. The first kappa shape index (κ1) is 11.4. The van der Waals surface area contributed by atoms with E-state index in [0.29, 0.717) is 11.5 Å². The average molecular weight is 239 g/mol. The molecule has 4 nitrogen and oxygen atoms in total. The van der Waals surface area contributed by atoms with Gasteiger partial charge < -0.3 is 10.5 Å². The zero-order chi connectivity index (χ0) is 12.4. The molecule has 90 valence electrons. The number of hydrogen-bond donors (Lipinski definition) is 1. The van der Waals surface area contributed by atoms with Crippen molar-refractivity contribution in [2.75, 3.05) is 5.73 Å². The lowest BCUT2D eigenvalue weighted by Gasteiger charge is -2.04. The third kappa shape index (κ3) is 2.52. The first-order chi connectivity index (χ1) is 8.06. The predicted molar refractivity (Wildman–Crippen MR) is 58.3 cm³/mol. The van der Waals surface area contributed by atoms with E-state index in [4.69, 9.17) is 10.5 Å². The zero-order valence-electron chi connectivity index (χ0n) is 9.15. The van der Waals surface area contributed by atoms with Crippen LogP contribution in [-0.4, -0.2) is 9.78 Å². The molecule has 0 aliphatic rings. The Hall–Kier alpha value is -2.11. The van der Waals surface area contributed by atoms with Gasteiger partial charge in [-0.1, -0.05) is 0 Å². The second kappa shape index (κ2) is 4.40. The Morgan fingerprint density at radius 1 is 1.29 bits per heavy atom. The highest BCUT2D eigenvalue weighted by molar-refractivity contribution is 5.30. The molecule has 0 aliphatic carbocycles. The Labute approximate surface area is 96.6 Å². The first-order valence-corrected chi connectivity index (χ1v) is 4.92. The molecule has 17 heavy (non-hydrogen) atoms. The largest absolute Gasteiger partial charge is 0.487 e. The van der Waals surface area contributed by atoms with Crippen molar-refractivity contribution in [1.82, 2.24) is 9.78 Å². The first-order valence-electron chi connectivity index (χ1n) is 4.92. The van der Waals surface area contributed by atoms with Gasteiger partial charge in [-0.2, -0.15) is 5.10 Å². The van der Waals surface area contributed by atoms with Crippen LogP contribution >= 0.6 is 0 Å². The van der Waals surface area contributed by atoms with Gasteiger partial charge in [-0.15, -0.1) is 0 Å². The third-order valence-corrected chi connectivity index (χ3v) is 2.24. The van der Waals surface area contributed by atoms with E-state index in [1.165, 1.54) is 10.7 Å². The minimum absolute atomic E-state index is 0.149. The van der Waals surface area contributed by atoms with Crippen LogP contribution in [0, 0.1) is 11.6 Å². The van der Waals surface area contributed by atoms with Gasteiger partial charge in [-0.05, 0) is 12.1 Å². The molecule has 2 aromatic rings. The van der Waals surface area contributed by atoms with E-state index in [2.05, 4.69) is 5.10 Å². The summed E-state index contributed by atoms with van der Waals surface area (Å²) in [6.45, 7) is 0.149. The van der Waals surface area contributed by atoms with E-state index < -0.39 is 11.6 Å². The highest BCUT2D eigenvalue weighted by Gasteiger charge is 2.05. The number of rotatable bonds is 3. The van der Waals surface area contributed by atoms with Gasteiger partial charge in [0.05, 0.1) is 0 Å². The van der Waals surface area contributed by atoms with Gasteiger partial charge >= 0.3 is 0 Å². The van der Waals surface area contributed by atoms with Gasteiger partial charge in [0.15, 0.2) is 11.6 Å². The molecule has 0 bridgehead atoms. The van der Waals surface area contributed by atoms with Crippen molar-refractivity contribution in [3.05, 3.63) is 41.6 Å². The maximum Gasteiger partial charge on any atom is 0.162 e. The van der Waals surface area contributed by atoms with Gasteiger partial charge in [0.25, 0.3) is 0 Å². The number of benzene rings is 1. The standard InChI is InChI=1S/C11H11F2N3O/c1-16-11(14)4-7(15-16)6-17-8-2-3-9(12)10(13)5-8/h2-5H,6,14H2,1H3. The van der Waals surface area contributed by atoms with Crippen molar-refractivity contribution in [3.8, 4) is 5.75 Å². The van der Waals surface area contributed by atoms with Crippen LogP contribution in [-0.2, 0) is 13.7 Å². The number of nitrogens with two attached hydrogens (primary N) is 1. The van der Waals surface area contributed by atoms with Crippen molar-refractivity contribution < 1.29 is 13.5 Å². The molecular weight excluding hydrogens is 228 g/mol. The molecule has 2 rings (SSSR count). The van der Waals surface area contributed by atoms with Crippen LogP contribution in [0.5, 0.6) is 5.75 Å². The fraction of sp³-hybridized carbons (Fsp3) is 0.182. The van der Waals surface area contributed by atoms with Gasteiger partial charge in [-0.3, -0.25) is 4.68 Å². The molecule has 1 heterocycles. The van der Waals surface area contributed by atoms with Gasteiger partial charge in [0.2, 0.25) is 0 Å². The summed E-state index contributed by atoms with van der Waals surface area (Å²) in [6, 6.07) is 5.00. The Morgan fingerprint density at radius 3 is 2.65 bits per heavy atom. The molecule has 2 N–H and O–H groups in total. The summed E-state index contributed by atoms with van der Waals surface area (Å²) in [5.74, 6) is -1.09. The summed E-state index contributed by atoms with van der Waals surface area (Å²) in [5, 5.41) is 4.06. The van der Waals surface area contributed by atoms with E-state index >= 15 is 0 Å². The molecule has 0 aliphatic heterocycles. The summed E-state index contributed by atoms with van der Waals surface area (Å²) in [5.41, 5.74) is 6.21. The molecule has 0 atom stereocenters. The van der Waals surface area contributed by atoms with Gasteiger partial charge in [-0.25, -0.2) is 8.78 Å². The normalized spacial score (nSPS) is 10.5. The van der Waals surface area contributed by atoms with E-state index in [9.17, 15) is 8.78 Å². The molecule has 0 radical (unpaired) electrons. The van der Waals surface area contributed by atoms with Crippen LogP contribution in [0.4, 0.5) is 14.6 Å². The lowest BCUT2D eigenvalue weighted by atomic mass is 10.3. The van der Waals surface area contributed by atoms with Crippen LogP contribution in [0.15, 0.2) is 24.3 Å². The molecular formula is C11H11F2N3O. The molecule has 0 unspecified atom stereocenters. The lowest BCUT2D eigenvalue weighted by molar-refractivity contribution is 0.297. The number of aromatic nitrogens is 2. The fourth-order valence-corrected chi connectivity index (χ4v) is 1.34. The second-order valence-electron chi connectivity index (χ2n) is 3.55. The number of anilines is 1. The smallest absolute Gasteiger partial charge is 0.162 e. The maximum absolute atomic E-state index is 12.9. The predicted octanol–water partition coefficient (Wildman–Crippen LogP) is 1.86. The molecule has 0 amide bonds. The summed E-state index contributed by atoms with van der Waals surface area (Å²) < 4.78 is 32.3. The van der Waals surface area contributed by atoms with Crippen LogP contribution < -0.4 is 10.5 Å². The Morgan fingerprint density at radius 2 is 2.06 bits per heavy atom. The quantitative estimate of drug-likeness (QED) is 0.889. The number of aryl methyl sites for hydroxylation is 1. The molecule has 1 aromatic carbocycles. The Bertz CT molecular complexity index is 520. The number of nitrogens with zero attached hydrogens (tertiary/aromatic N) is 2. The van der Waals surface area contributed by atoms with Crippen LogP contribution in [0.25, 0.3) is 0 Å². The molecule has 0 spiro atoms. The van der Waals surface area contributed by atoms with Crippen LogP contribution in [0.3, 0.4) is 0 Å². The molecule has 6 heteroatoms. The number of ether oxygens (including phenoxy) is 1. The zero-order valence-corrected chi connectivity index (χ0v) is 9.15. The molecule has 0 fully saturated rings. The number of halogens is 2. The number of nitrogen functional groups attached to an aromatic ring is 1. The topological polar surface area (TPSA) is 53.1 Å². The molecule has 0 saturated carbocycles. The number of hydrogen-bond acceptors (Lipinski definition) is 3. The fourth-order valence-electron chi connectivity index (χ4n) is 1.34. The van der Waals surface area contributed by atoms with E-state index in [1.807, 2.05) is 0 Å². The monoisotopic (exact) mass is 239 g/mol. The Balaban J connectivity index is 2.04. The van der Waals surface area contributed by atoms with E-state index in [0.717, 1.165) is 12.1 Å². The SMILES string of the molecule is Cn1nc(COc2ccc(F)c(F)c2)cc1N. The summed E-state index contributed by atoms with van der Waals surface area (Å²) >= 11 is 0. The minimum Gasteiger partial charge on any atom is -0.487 e. The van der Waals surface area contributed by atoms with Gasteiger partial charge in [0, 0.05) is 19.2 Å². The van der Waals surface area contributed by atoms with Crippen molar-refractivity contribution in [1.29, 1.82) is 0 Å². The summed E-state index contributed by atoms with van der Waals surface area (Å²) in [7, 11) is 1.70. The highest BCUT2D eigenvalue weighted by atomic mass is 19.2. The molecule has 0 saturated heterocycles. The summed E-state index contributed by atoms with van der Waals surface area (Å²) in [4.78, 5) is 0.